The molecule has 1 aliphatic heterocycles. The van der Waals surface area contributed by atoms with E-state index in [0.29, 0.717) is 17.7 Å². The van der Waals surface area contributed by atoms with E-state index < -0.39 is 41.7 Å². The number of nitrogens with zero attached hydrogens (tertiary/aromatic N) is 1. The largest absolute Gasteiger partial charge is 0.456 e. The first kappa shape index (κ1) is 28.0. The maximum absolute atomic E-state index is 14.2. The van der Waals surface area contributed by atoms with Crippen LogP contribution in [0.1, 0.15) is 56.7 Å². The number of amides is 3. The van der Waals surface area contributed by atoms with Crippen LogP contribution >= 0.6 is 12.6 Å². The minimum absolute atomic E-state index is 0.0910. The molecule has 0 aliphatic carbocycles. The van der Waals surface area contributed by atoms with Gasteiger partial charge in [0.05, 0.1) is 18.7 Å². The highest BCUT2D eigenvalue weighted by atomic mass is 32.1. The predicted molar refractivity (Wildman–Crippen MR) is 131 cm³/mol. The van der Waals surface area contributed by atoms with E-state index in [1.54, 1.807) is 39.8 Å². The molecule has 0 saturated heterocycles. The van der Waals surface area contributed by atoms with Gasteiger partial charge in [-0.2, -0.15) is 12.6 Å². The molecule has 3 amide bonds. The Morgan fingerprint density at radius 2 is 1.94 bits per heavy atom. The van der Waals surface area contributed by atoms with Crippen molar-refractivity contribution in [3.8, 4) is 0 Å². The SMILES string of the molecule is CC(C)=C1NC(=O)c2cc(F)cc(n2)CNC(=O)C[C@@H](/C=C/CCS)OC(=O)[C@H](C(C)C)NC1=O. The number of fused-ring (bicyclic) bond motifs is 2. The maximum atomic E-state index is 14.2. The van der Waals surface area contributed by atoms with Gasteiger partial charge < -0.3 is 20.7 Å². The lowest BCUT2D eigenvalue weighted by Crippen LogP contribution is -2.49. The molecule has 0 saturated carbocycles. The number of cyclic esters (lactones) is 1. The molecule has 1 aromatic heterocycles. The van der Waals surface area contributed by atoms with Gasteiger partial charge in [-0.3, -0.25) is 14.4 Å². The topological polar surface area (TPSA) is 126 Å². The molecule has 35 heavy (non-hydrogen) atoms. The number of carbonyl (C=O) groups is 4. The van der Waals surface area contributed by atoms with Crippen LogP contribution in [0.15, 0.2) is 35.6 Å². The Morgan fingerprint density at radius 1 is 1.23 bits per heavy atom. The average Bonchev–Trinajstić information content (AvgIpc) is 2.77. The highest BCUT2D eigenvalue weighted by molar-refractivity contribution is 7.80. The van der Waals surface area contributed by atoms with Crippen LogP contribution in [0.25, 0.3) is 0 Å². The summed E-state index contributed by atoms with van der Waals surface area (Å²) in [5.41, 5.74) is 0.217. The number of thiol groups is 1. The van der Waals surface area contributed by atoms with E-state index >= 15 is 0 Å². The second kappa shape index (κ2) is 13.0. The van der Waals surface area contributed by atoms with Gasteiger partial charge in [-0.1, -0.05) is 19.9 Å². The zero-order chi connectivity index (χ0) is 26.1. The standard InChI is InChI=1S/C24H31FN4O5S/c1-13(2)20-23(32)29-21(14(3)4)24(33)34-17(7-5-6-8-35)11-19(30)26-12-16-9-15(25)10-18(27-16)22(31)28-20/h5,7,9-10,14,17,21,35H,6,8,11-12H2,1-4H3,(H,26,30)(H,28,31)(H,29,32)/b7-5+/t17-,21+/m1/s1. The van der Waals surface area contributed by atoms with Crippen LogP contribution in [0, 0.1) is 11.7 Å². The molecule has 2 bridgehead atoms. The summed E-state index contributed by atoms with van der Waals surface area (Å²) in [6, 6.07) is 0.969. The Bertz CT molecular complexity index is 1040. The molecule has 190 valence electrons. The number of nitrogens with one attached hydrogen (secondary N) is 3. The van der Waals surface area contributed by atoms with Gasteiger partial charge in [-0.15, -0.1) is 0 Å². The average molecular weight is 507 g/mol. The van der Waals surface area contributed by atoms with E-state index in [4.69, 9.17) is 4.74 Å². The number of pyridine rings is 1. The van der Waals surface area contributed by atoms with Crippen molar-refractivity contribution in [2.45, 2.75) is 59.2 Å². The van der Waals surface area contributed by atoms with Crippen molar-refractivity contribution < 1.29 is 28.3 Å². The van der Waals surface area contributed by atoms with Gasteiger partial charge in [0.25, 0.3) is 11.8 Å². The molecule has 1 aliphatic rings. The maximum Gasteiger partial charge on any atom is 0.329 e. The molecular weight excluding hydrogens is 475 g/mol. The number of halogens is 1. The predicted octanol–water partition coefficient (Wildman–Crippen LogP) is 2.19. The Morgan fingerprint density at radius 3 is 2.57 bits per heavy atom. The van der Waals surface area contributed by atoms with Crippen molar-refractivity contribution in [2.24, 2.45) is 5.92 Å². The molecule has 0 fully saturated rings. The summed E-state index contributed by atoms with van der Waals surface area (Å²) in [6.07, 6.45) is 2.85. The van der Waals surface area contributed by atoms with E-state index in [2.05, 4.69) is 33.6 Å². The number of hydrogen-bond acceptors (Lipinski definition) is 7. The number of aromatic nitrogens is 1. The molecule has 1 aromatic rings. The van der Waals surface area contributed by atoms with Crippen LogP contribution in [-0.4, -0.2) is 46.6 Å². The van der Waals surface area contributed by atoms with E-state index in [0.717, 1.165) is 12.1 Å². The van der Waals surface area contributed by atoms with Crippen LogP contribution in [0.4, 0.5) is 4.39 Å². The number of hydrogen-bond donors (Lipinski definition) is 4. The minimum Gasteiger partial charge on any atom is -0.456 e. The second-order valence-corrected chi connectivity index (χ2v) is 9.03. The molecular formula is C24H31FN4O5S. The minimum atomic E-state index is -1.05. The number of ether oxygens (including phenoxy) is 1. The summed E-state index contributed by atoms with van der Waals surface area (Å²) in [6.45, 7) is 6.52. The zero-order valence-electron chi connectivity index (χ0n) is 20.2. The molecule has 0 spiro atoms. The van der Waals surface area contributed by atoms with E-state index in [1.165, 1.54) is 0 Å². The lowest BCUT2D eigenvalue weighted by molar-refractivity contribution is -0.153. The second-order valence-electron chi connectivity index (χ2n) is 8.58. The van der Waals surface area contributed by atoms with Gasteiger partial charge in [-0.25, -0.2) is 14.2 Å². The third kappa shape index (κ3) is 8.50. The third-order valence-electron chi connectivity index (χ3n) is 5.02. The third-order valence-corrected chi connectivity index (χ3v) is 5.27. The smallest absolute Gasteiger partial charge is 0.329 e. The fourth-order valence-corrected chi connectivity index (χ4v) is 3.34. The monoisotopic (exact) mass is 506 g/mol. The number of rotatable bonds is 4. The van der Waals surface area contributed by atoms with Crippen molar-refractivity contribution in [2.75, 3.05) is 5.75 Å². The van der Waals surface area contributed by atoms with Crippen LogP contribution in [0.5, 0.6) is 0 Å². The van der Waals surface area contributed by atoms with E-state index in [-0.39, 0.29) is 36.0 Å². The van der Waals surface area contributed by atoms with Gasteiger partial charge in [0.2, 0.25) is 5.91 Å². The molecule has 9 nitrogen and oxygen atoms in total. The van der Waals surface area contributed by atoms with E-state index in [9.17, 15) is 23.6 Å². The summed E-state index contributed by atoms with van der Waals surface area (Å²) in [4.78, 5) is 55.4. The lowest BCUT2D eigenvalue weighted by atomic mass is 10.0. The summed E-state index contributed by atoms with van der Waals surface area (Å²) >= 11 is 4.14. The summed E-state index contributed by atoms with van der Waals surface area (Å²) < 4.78 is 19.7. The van der Waals surface area contributed by atoms with Gasteiger partial charge >= 0.3 is 5.97 Å². The normalized spacial score (nSPS) is 20.4. The summed E-state index contributed by atoms with van der Waals surface area (Å²) in [7, 11) is 0. The molecule has 2 rings (SSSR count). The van der Waals surface area contributed by atoms with Crippen LogP contribution in [0.3, 0.4) is 0 Å². The Kier molecular flexibility index (Phi) is 10.4. The molecule has 0 unspecified atom stereocenters. The van der Waals surface area contributed by atoms with Crippen LogP contribution in [-0.2, 0) is 25.7 Å². The van der Waals surface area contributed by atoms with Gasteiger partial charge in [-0.05, 0) is 49.7 Å². The van der Waals surface area contributed by atoms with Crippen molar-refractivity contribution >= 4 is 36.3 Å². The fraction of sp³-hybridized carbons (Fsp3) is 0.458. The number of esters is 1. The van der Waals surface area contributed by atoms with E-state index in [1.807, 2.05) is 0 Å². The first-order valence-corrected chi connectivity index (χ1v) is 11.9. The molecule has 0 aromatic carbocycles. The lowest BCUT2D eigenvalue weighted by Gasteiger charge is -2.24. The van der Waals surface area contributed by atoms with Gasteiger partial charge in [0.1, 0.15) is 29.4 Å². The highest BCUT2D eigenvalue weighted by Crippen LogP contribution is 2.13. The highest BCUT2D eigenvalue weighted by Gasteiger charge is 2.30. The molecule has 11 heteroatoms. The quantitative estimate of drug-likeness (QED) is 0.215. The molecule has 0 radical (unpaired) electrons. The van der Waals surface area contributed by atoms with Crippen LogP contribution < -0.4 is 16.0 Å². The zero-order valence-corrected chi connectivity index (χ0v) is 21.1. The molecule has 3 N–H and O–H groups in total. The molecule has 2 heterocycles. The van der Waals surface area contributed by atoms with Crippen molar-refractivity contribution in [1.82, 2.24) is 20.9 Å². The van der Waals surface area contributed by atoms with Gasteiger partial charge in [0, 0.05) is 6.07 Å². The first-order chi connectivity index (χ1) is 16.5. The first-order valence-electron chi connectivity index (χ1n) is 11.2. The summed E-state index contributed by atoms with van der Waals surface area (Å²) in [5.74, 6) is -3.23. The Balaban J connectivity index is 2.49. The fourth-order valence-electron chi connectivity index (χ4n) is 3.19. The van der Waals surface area contributed by atoms with Gasteiger partial charge in [0.15, 0.2) is 0 Å². The van der Waals surface area contributed by atoms with Crippen molar-refractivity contribution in [3.63, 3.8) is 0 Å². The van der Waals surface area contributed by atoms with Crippen molar-refractivity contribution in [1.29, 1.82) is 0 Å². The van der Waals surface area contributed by atoms with Crippen LogP contribution in [0.2, 0.25) is 0 Å². The Hall–Kier alpha value is -3.21. The Labute approximate surface area is 209 Å². The number of allylic oxidation sites excluding steroid dienone is 2. The molecule has 2 atom stereocenters. The number of carbonyl (C=O) groups excluding carboxylic acids is 4. The van der Waals surface area contributed by atoms with Crippen molar-refractivity contribution in [3.05, 3.63) is 52.8 Å². The summed E-state index contributed by atoms with van der Waals surface area (Å²) in [5, 5.41) is 7.65.